The predicted octanol–water partition coefficient (Wildman–Crippen LogP) is 1.04. The van der Waals surface area contributed by atoms with Crippen LogP contribution in [0.2, 0.25) is 0 Å². The first kappa shape index (κ1) is 9.73. The van der Waals surface area contributed by atoms with E-state index >= 15 is 0 Å². The summed E-state index contributed by atoms with van der Waals surface area (Å²) < 4.78 is 51.7. The van der Waals surface area contributed by atoms with Gasteiger partial charge >= 0.3 is 6.18 Å². The molecule has 6 heteroatoms. The monoisotopic (exact) mass is 188 g/mol. The van der Waals surface area contributed by atoms with Crippen LogP contribution in [-0.4, -0.2) is 36.3 Å². The highest BCUT2D eigenvalue weighted by Crippen LogP contribution is 2.37. The van der Waals surface area contributed by atoms with E-state index in [9.17, 15) is 17.6 Å². The third-order valence-electron chi connectivity index (χ3n) is 1.75. The van der Waals surface area contributed by atoms with Gasteiger partial charge in [-0.2, -0.15) is 13.2 Å². The molecular weight excluding hydrogens is 180 g/mol. The third kappa shape index (κ3) is 2.07. The highest BCUT2D eigenvalue weighted by Gasteiger charge is 2.52. The largest absolute Gasteiger partial charge is 0.419 e. The van der Waals surface area contributed by atoms with E-state index in [2.05, 4.69) is 4.74 Å². The third-order valence-corrected chi connectivity index (χ3v) is 1.75. The van der Waals surface area contributed by atoms with Gasteiger partial charge in [-0.05, 0) is 0 Å². The lowest BCUT2D eigenvalue weighted by atomic mass is 10.0. The fraction of sp³-hybridized carbons (Fsp3) is 1.00. The van der Waals surface area contributed by atoms with E-state index in [1.165, 1.54) is 0 Å². The molecule has 0 saturated carbocycles. The Hall–Kier alpha value is -0.360. The number of alkyl halides is 4. The van der Waals surface area contributed by atoms with Crippen molar-refractivity contribution in [2.45, 2.75) is 24.4 Å². The maximum Gasteiger partial charge on any atom is 0.419 e. The van der Waals surface area contributed by atoms with Crippen LogP contribution >= 0.6 is 0 Å². The first-order chi connectivity index (χ1) is 5.40. The number of halogens is 4. The number of epoxide rings is 1. The van der Waals surface area contributed by atoms with Gasteiger partial charge in [0.05, 0.1) is 13.2 Å². The molecule has 1 aliphatic rings. The van der Waals surface area contributed by atoms with Gasteiger partial charge in [-0.1, -0.05) is 0 Å². The maximum atomic E-state index is 12.3. The Bertz CT molecular complexity index is 163. The molecular formula is C6H8F4O2. The highest BCUT2D eigenvalue weighted by atomic mass is 19.4. The molecule has 72 valence electrons. The molecule has 0 aromatic rings. The summed E-state index contributed by atoms with van der Waals surface area (Å²) >= 11 is 0. The van der Waals surface area contributed by atoms with Crippen LogP contribution in [0.4, 0.5) is 17.6 Å². The summed E-state index contributed by atoms with van der Waals surface area (Å²) in [4.78, 5) is 0. The second-order valence-corrected chi connectivity index (χ2v) is 2.84. The van der Waals surface area contributed by atoms with Crippen molar-refractivity contribution < 1.29 is 27.4 Å². The first-order valence-electron chi connectivity index (χ1n) is 3.35. The number of aliphatic hydroxyl groups is 1. The zero-order chi connectivity index (χ0) is 9.41. The molecule has 0 aliphatic carbocycles. The Morgan fingerprint density at radius 2 is 2.00 bits per heavy atom. The number of hydrogen-bond acceptors (Lipinski definition) is 2. The minimum Gasteiger partial charge on any atom is -0.393 e. The van der Waals surface area contributed by atoms with Gasteiger partial charge in [0.2, 0.25) is 0 Å². The highest BCUT2D eigenvalue weighted by molar-refractivity contribution is 4.94. The lowest BCUT2D eigenvalue weighted by Gasteiger charge is -2.15. The number of hydrogen-bond donors (Lipinski definition) is 1. The van der Waals surface area contributed by atoms with E-state index in [4.69, 9.17) is 5.11 Å². The van der Waals surface area contributed by atoms with E-state index in [0.29, 0.717) is 0 Å². The van der Waals surface area contributed by atoms with Crippen LogP contribution in [0, 0.1) is 0 Å². The molecule has 0 bridgehead atoms. The van der Waals surface area contributed by atoms with Crippen molar-refractivity contribution in [1.29, 1.82) is 0 Å². The van der Waals surface area contributed by atoms with Crippen LogP contribution in [-0.2, 0) is 4.74 Å². The molecule has 1 rings (SSSR count). The van der Waals surface area contributed by atoms with Gasteiger partial charge in [0.25, 0.3) is 0 Å². The standard InChI is InChI=1S/C6H8F4O2/c7-4(6(8,9)10)1-5(2-11)3-12-5/h4,11H,1-3H2. The Kier molecular flexibility index (Phi) is 2.31. The number of aliphatic hydroxyl groups excluding tert-OH is 1. The van der Waals surface area contributed by atoms with E-state index in [0.717, 1.165) is 0 Å². The van der Waals surface area contributed by atoms with Crippen molar-refractivity contribution in [3.8, 4) is 0 Å². The summed E-state index contributed by atoms with van der Waals surface area (Å²) in [5.74, 6) is 0. The van der Waals surface area contributed by atoms with Crippen molar-refractivity contribution in [3.63, 3.8) is 0 Å². The Labute approximate surface area is 66.1 Å². The van der Waals surface area contributed by atoms with Gasteiger partial charge in [-0.25, -0.2) is 4.39 Å². The van der Waals surface area contributed by atoms with Crippen LogP contribution in [0.25, 0.3) is 0 Å². The molecule has 0 aromatic heterocycles. The van der Waals surface area contributed by atoms with Crippen molar-refractivity contribution in [3.05, 3.63) is 0 Å². The van der Waals surface area contributed by atoms with Crippen molar-refractivity contribution in [1.82, 2.24) is 0 Å². The second kappa shape index (κ2) is 2.85. The molecule has 0 spiro atoms. The van der Waals surface area contributed by atoms with Crippen LogP contribution in [0.5, 0.6) is 0 Å². The lowest BCUT2D eigenvalue weighted by molar-refractivity contribution is -0.186. The van der Waals surface area contributed by atoms with Crippen LogP contribution in [0.3, 0.4) is 0 Å². The molecule has 1 aliphatic heterocycles. The van der Waals surface area contributed by atoms with E-state index in [1.54, 1.807) is 0 Å². The second-order valence-electron chi connectivity index (χ2n) is 2.84. The molecule has 2 nitrogen and oxygen atoms in total. The van der Waals surface area contributed by atoms with Gasteiger partial charge < -0.3 is 9.84 Å². The normalized spacial score (nSPS) is 31.8. The molecule has 2 unspecified atom stereocenters. The molecule has 0 amide bonds. The molecule has 12 heavy (non-hydrogen) atoms. The zero-order valence-electron chi connectivity index (χ0n) is 6.07. The first-order valence-corrected chi connectivity index (χ1v) is 3.35. The quantitative estimate of drug-likeness (QED) is 0.530. The lowest BCUT2D eigenvalue weighted by Crippen LogP contribution is -2.32. The Morgan fingerprint density at radius 1 is 1.50 bits per heavy atom. The summed E-state index contributed by atoms with van der Waals surface area (Å²) in [6.07, 6.45) is -8.58. The summed E-state index contributed by atoms with van der Waals surface area (Å²) in [6.45, 7) is -0.566. The number of ether oxygens (including phenoxy) is 1. The van der Waals surface area contributed by atoms with Gasteiger partial charge in [-0.3, -0.25) is 0 Å². The molecule has 1 saturated heterocycles. The van der Waals surface area contributed by atoms with Gasteiger partial charge in [0.15, 0.2) is 6.17 Å². The van der Waals surface area contributed by atoms with E-state index < -0.39 is 31.0 Å². The van der Waals surface area contributed by atoms with Crippen LogP contribution in [0.1, 0.15) is 6.42 Å². The summed E-state index contributed by atoms with van der Waals surface area (Å²) in [5, 5.41) is 8.51. The minimum absolute atomic E-state index is 0. The van der Waals surface area contributed by atoms with Crippen LogP contribution in [0.15, 0.2) is 0 Å². The van der Waals surface area contributed by atoms with E-state index in [-0.39, 0.29) is 6.61 Å². The Morgan fingerprint density at radius 3 is 2.25 bits per heavy atom. The van der Waals surface area contributed by atoms with Crippen molar-refractivity contribution in [2.24, 2.45) is 0 Å². The fourth-order valence-electron chi connectivity index (χ4n) is 0.818. The number of rotatable bonds is 3. The molecule has 2 atom stereocenters. The molecule has 1 heterocycles. The molecule has 1 fully saturated rings. The SMILES string of the molecule is OCC1(CC(F)C(F)(F)F)CO1. The zero-order valence-corrected chi connectivity index (χ0v) is 6.07. The Balaban J connectivity index is 2.41. The van der Waals surface area contributed by atoms with Crippen LogP contribution < -0.4 is 0 Å². The van der Waals surface area contributed by atoms with Gasteiger partial charge in [-0.15, -0.1) is 0 Å². The summed E-state index contributed by atoms with van der Waals surface area (Å²) in [7, 11) is 0. The molecule has 0 aromatic carbocycles. The average molecular weight is 188 g/mol. The predicted molar refractivity (Wildman–Crippen MR) is 31.3 cm³/mol. The van der Waals surface area contributed by atoms with Crippen molar-refractivity contribution >= 4 is 0 Å². The van der Waals surface area contributed by atoms with Gasteiger partial charge in [0, 0.05) is 6.42 Å². The minimum atomic E-state index is -4.85. The maximum absolute atomic E-state index is 12.3. The van der Waals surface area contributed by atoms with Gasteiger partial charge in [0.1, 0.15) is 5.60 Å². The summed E-state index contributed by atoms with van der Waals surface area (Å²) in [5.41, 5.74) is -1.27. The van der Waals surface area contributed by atoms with Crippen molar-refractivity contribution in [2.75, 3.05) is 13.2 Å². The fourth-order valence-corrected chi connectivity index (χ4v) is 0.818. The smallest absolute Gasteiger partial charge is 0.393 e. The topological polar surface area (TPSA) is 32.8 Å². The molecule has 1 N–H and O–H groups in total. The summed E-state index contributed by atoms with van der Waals surface area (Å²) in [6, 6.07) is 0. The average Bonchev–Trinajstić information content (AvgIpc) is 2.67. The van der Waals surface area contributed by atoms with E-state index in [1.807, 2.05) is 0 Å². The molecule has 0 radical (unpaired) electrons.